The zero-order chi connectivity index (χ0) is 9.68. The molecule has 0 heterocycles. The molecule has 1 aromatic rings. The highest BCUT2D eigenvalue weighted by Gasteiger charge is 2.04. The fourth-order valence-electron chi connectivity index (χ4n) is 0.682. The van der Waals surface area contributed by atoms with Gasteiger partial charge < -0.3 is 4.74 Å². The van der Waals surface area contributed by atoms with Crippen molar-refractivity contribution in [3.8, 4) is 5.75 Å². The molecule has 0 aliphatic carbocycles. The fourth-order valence-corrected chi connectivity index (χ4v) is 0.856. The van der Waals surface area contributed by atoms with Gasteiger partial charge in [-0.05, 0) is 12.1 Å². The third-order valence-electron chi connectivity index (χ3n) is 1.17. The second-order valence-electron chi connectivity index (χ2n) is 2.00. The van der Waals surface area contributed by atoms with Crippen LogP contribution in [0.5, 0.6) is 5.75 Å². The molecule has 0 unspecified atom stereocenters. The molecule has 0 saturated heterocycles. The molecule has 0 spiro atoms. The number of ether oxygens (including phenoxy) is 1. The Morgan fingerprint density at radius 2 is 2.15 bits per heavy atom. The second-order valence-corrected chi connectivity index (χ2v) is 2.41. The summed E-state index contributed by atoms with van der Waals surface area (Å²) >= 11 is 5.65. The van der Waals surface area contributed by atoms with Crippen LogP contribution >= 0.6 is 11.6 Å². The Morgan fingerprint density at radius 1 is 1.46 bits per heavy atom. The van der Waals surface area contributed by atoms with Crippen LogP contribution in [0.25, 0.3) is 0 Å². The van der Waals surface area contributed by atoms with Gasteiger partial charge in [-0.2, -0.15) is 0 Å². The summed E-state index contributed by atoms with van der Waals surface area (Å²) in [7, 11) is 0. The first kappa shape index (κ1) is 9.45. The number of para-hydroxylation sites is 1. The molecule has 1 rings (SSSR count). The van der Waals surface area contributed by atoms with Crippen LogP contribution < -0.4 is 4.74 Å². The van der Waals surface area contributed by atoms with E-state index in [1.165, 1.54) is 6.07 Å². The Morgan fingerprint density at radius 3 is 2.77 bits per heavy atom. The van der Waals surface area contributed by atoms with E-state index in [0.717, 1.165) is 6.08 Å². The van der Waals surface area contributed by atoms with Crippen molar-refractivity contribution in [3.05, 3.63) is 29.3 Å². The molecule has 4 nitrogen and oxygen atoms in total. The summed E-state index contributed by atoms with van der Waals surface area (Å²) in [5.74, 6) is 0.160. The predicted molar refractivity (Wildman–Crippen MR) is 45.6 cm³/mol. The molecule has 13 heavy (non-hydrogen) atoms. The lowest BCUT2D eigenvalue weighted by molar-refractivity contribution is 0.211. The van der Waals surface area contributed by atoms with Gasteiger partial charge in [-0.25, -0.2) is 9.59 Å². The van der Waals surface area contributed by atoms with Crippen molar-refractivity contribution in [2.24, 2.45) is 4.99 Å². The number of carbonyl (C=O) groups excluding carboxylic acids is 2. The Labute approximate surface area is 78.8 Å². The topological polar surface area (TPSA) is 55.7 Å². The summed E-state index contributed by atoms with van der Waals surface area (Å²) in [5, 5.41) is 0.275. The Hall–Kier alpha value is -1.64. The van der Waals surface area contributed by atoms with Crippen LogP contribution in [-0.4, -0.2) is 12.2 Å². The first-order valence-electron chi connectivity index (χ1n) is 3.28. The number of nitrogens with zero attached hydrogens (tertiary/aromatic N) is 1. The van der Waals surface area contributed by atoms with Crippen LogP contribution in [0.1, 0.15) is 0 Å². The molecule has 0 fully saturated rings. The minimum absolute atomic E-state index is 0.160. The van der Waals surface area contributed by atoms with Crippen molar-refractivity contribution in [3.63, 3.8) is 0 Å². The number of hydrogen-bond acceptors (Lipinski definition) is 3. The number of amides is 1. The molecule has 5 heteroatoms. The predicted octanol–water partition coefficient (Wildman–Crippen LogP) is 2.17. The maximum absolute atomic E-state index is 10.7. The lowest BCUT2D eigenvalue weighted by Crippen LogP contribution is -2.01. The minimum atomic E-state index is -1.04. The molecule has 1 amide bonds. The molecular formula is C8H4ClNO3. The number of carbonyl (C=O) groups is 1. The first-order chi connectivity index (χ1) is 6.24. The summed E-state index contributed by atoms with van der Waals surface area (Å²) in [5.41, 5.74) is 0. The van der Waals surface area contributed by atoms with Gasteiger partial charge in [-0.1, -0.05) is 28.7 Å². The highest BCUT2D eigenvalue weighted by Crippen LogP contribution is 2.23. The van der Waals surface area contributed by atoms with Crippen molar-refractivity contribution in [2.75, 3.05) is 0 Å². The summed E-state index contributed by atoms with van der Waals surface area (Å²) in [4.78, 5) is 23.1. The zero-order valence-electron chi connectivity index (χ0n) is 6.36. The SMILES string of the molecule is O=C=NC(=O)Oc1ccccc1Cl. The monoisotopic (exact) mass is 197 g/mol. The van der Waals surface area contributed by atoms with Crippen LogP contribution in [-0.2, 0) is 4.79 Å². The number of hydrogen-bond donors (Lipinski definition) is 0. The quantitative estimate of drug-likeness (QED) is 0.512. The largest absolute Gasteiger partial charge is 0.450 e. The number of benzene rings is 1. The van der Waals surface area contributed by atoms with Gasteiger partial charge in [0.15, 0.2) is 5.75 Å². The number of isocyanates is 1. The molecular weight excluding hydrogens is 194 g/mol. The maximum Gasteiger partial charge on any atom is 0.450 e. The molecule has 0 aliphatic rings. The highest BCUT2D eigenvalue weighted by molar-refractivity contribution is 6.32. The molecule has 0 aliphatic heterocycles. The third kappa shape index (κ3) is 2.71. The van der Waals surface area contributed by atoms with Gasteiger partial charge in [0.25, 0.3) is 0 Å². The standard InChI is InChI=1S/C8H4ClNO3/c9-6-3-1-2-4-7(6)13-8(12)10-5-11/h1-4H. The van der Waals surface area contributed by atoms with E-state index in [0.29, 0.717) is 0 Å². The second kappa shape index (κ2) is 4.40. The van der Waals surface area contributed by atoms with Gasteiger partial charge in [0.05, 0.1) is 5.02 Å². The Balaban J connectivity index is 2.80. The smallest absolute Gasteiger partial charge is 0.407 e. The molecule has 0 atom stereocenters. The molecule has 0 aromatic heterocycles. The van der Waals surface area contributed by atoms with E-state index in [9.17, 15) is 9.59 Å². The van der Waals surface area contributed by atoms with Crippen molar-refractivity contribution in [1.82, 2.24) is 0 Å². The van der Waals surface area contributed by atoms with Crippen LogP contribution in [0.3, 0.4) is 0 Å². The number of rotatable bonds is 1. The average Bonchev–Trinajstić information content (AvgIpc) is 2.09. The zero-order valence-corrected chi connectivity index (χ0v) is 7.12. The Bertz CT molecular complexity index is 371. The summed E-state index contributed by atoms with van der Waals surface area (Å²) < 4.78 is 4.59. The molecule has 66 valence electrons. The van der Waals surface area contributed by atoms with Gasteiger partial charge in [-0.3, -0.25) is 0 Å². The molecule has 0 saturated carbocycles. The van der Waals surface area contributed by atoms with Crippen molar-refractivity contribution in [2.45, 2.75) is 0 Å². The van der Waals surface area contributed by atoms with Crippen molar-refractivity contribution >= 4 is 23.8 Å². The lowest BCUT2D eigenvalue weighted by atomic mass is 10.3. The number of halogens is 1. The number of aliphatic imine (C=N–C) groups is 1. The van der Waals surface area contributed by atoms with Crippen LogP contribution in [0.15, 0.2) is 29.3 Å². The van der Waals surface area contributed by atoms with Crippen LogP contribution in [0, 0.1) is 0 Å². The first-order valence-corrected chi connectivity index (χ1v) is 3.66. The van der Waals surface area contributed by atoms with Gasteiger partial charge in [-0.15, -0.1) is 0 Å². The van der Waals surface area contributed by atoms with E-state index < -0.39 is 6.09 Å². The van der Waals surface area contributed by atoms with E-state index in [2.05, 4.69) is 9.73 Å². The molecule has 1 aromatic carbocycles. The summed E-state index contributed by atoms with van der Waals surface area (Å²) in [6, 6.07) is 6.36. The Kier molecular flexibility index (Phi) is 3.20. The molecule has 0 N–H and O–H groups in total. The average molecular weight is 198 g/mol. The summed E-state index contributed by atoms with van der Waals surface area (Å²) in [6.45, 7) is 0. The van der Waals surface area contributed by atoms with Gasteiger partial charge in [0, 0.05) is 0 Å². The van der Waals surface area contributed by atoms with Gasteiger partial charge >= 0.3 is 6.09 Å². The van der Waals surface area contributed by atoms with E-state index >= 15 is 0 Å². The van der Waals surface area contributed by atoms with Gasteiger partial charge in [0.2, 0.25) is 6.08 Å². The maximum atomic E-state index is 10.7. The van der Waals surface area contributed by atoms with E-state index in [1.807, 2.05) is 0 Å². The van der Waals surface area contributed by atoms with E-state index in [-0.39, 0.29) is 10.8 Å². The van der Waals surface area contributed by atoms with Crippen molar-refractivity contribution < 1.29 is 14.3 Å². The van der Waals surface area contributed by atoms with E-state index in [4.69, 9.17) is 11.6 Å². The van der Waals surface area contributed by atoms with Crippen LogP contribution in [0.2, 0.25) is 5.02 Å². The van der Waals surface area contributed by atoms with E-state index in [1.54, 1.807) is 18.2 Å². The normalized spacial score (nSPS) is 8.69. The van der Waals surface area contributed by atoms with Crippen molar-refractivity contribution in [1.29, 1.82) is 0 Å². The van der Waals surface area contributed by atoms with Crippen LogP contribution in [0.4, 0.5) is 4.79 Å². The third-order valence-corrected chi connectivity index (χ3v) is 1.48. The molecule has 0 bridgehead atoms. The van der Waals surface area contributed by atoms with Gasteiger partial charge in [0.1, 0.15) is 0 Å². The molecule has 0 radical (unpaired) electrons. The fraction of sp³-hybridized carbons (Fsp3) is 0. The summed E-state index contributed by atoms with van der Waals surface area (Å²) in [6.07, 6.45) is 0.0258. The lowest BCUT2D eigenvalue weighted by Gasteiger charge is -2.00. The highest BCUT2D eigenvalue weighted by atomic mass is 35.5. The minimum Gasteiger partial charge on any atom is -0.407 e.